The molecule has 7 heteroatoms. The van der Waals surface area contributed by atoms with Gasteiger partial charge in [-0.25, -0.2) is 17.6 Å². The van der Waals surface area contributed by atoms with E-state index in [2.05, 4.69) is 5.32 Å². The lowest BCUT2D eigenvalue weighted by molar-refractivity contribution is 0.0904. The van der Waals surface area contributed by atoms with Crippen LogP contribution in [-0.4, -0.2) is 23.7 Å². The summed E-state index contributed by atoms with van der Waals surface area (Å²) < 4.78 is 51.7. The summed E-state index contributed by atoms with van der Waals surface area (Å²) in [7, 11) is 0. The lowest BCUT2D eigenvalue weighted by Gasteiger charge is -2.11. The van der Waals surface area contributed by atoms with Gasteiger partial charge >= 0.3 is 0 Å². The van der Waals surface area contributed by atoms with Gasteiger partial charge in [0.1, 0.15) is 0 Å². The largest absolute Gasteiger partial charge is 0.391 e. The first kappa shape index (κ1) is 15.4. The zero-order valence-electron chi connectivity index (χ0n) is 10.1. The number of aliphatic hydroxyl groups is 1. The molecule has 106 valence electrons. The fourth-order valence-electron chi connectivity index (χ4n) is 1.48. The molecular formula is C12H13F4NO2. The number of aliphatic hydroxyl groups excluding tert-OH is 1. The number of amides is 1. The van der Waals surface area contributed by atoms with Crippen LogP contribution in [0.15, 0.2) is 6.07 Å². The van der Waals surface area contributed by atoms with E-state index in [9.17, 15) is 27.5 Å². The topological polar surface area (TPSA) is 49.3 Å². The molecular weight excluding hydrogens is 266 g/mol. The van der Waals surface area contributed by atoms with Gasteiger partial charge in [-0.1, -0.05) is 13.3 Å². The van der Waals surface area contributed by atoms with Crippen molar-refractivity contribution in [2.24, 2.45) is 0 Å². The van der Waals surface area contributed by atoms with Gasteiger partial charge < -0.3 is 10.4 Å². The predicted molar refractivity (Wildman–Crippen MR) is 59.5 cm³/mol. The van der Waals surface area contributed by atoms with Crippen LogP contribution in [0, 0.1) is 23.3 Å². The molecule has 2 N–H and O–H groups in total. The Morgan fingerprint density at radius 2 is 1.89 bits per heavy atom. The van der Waals surface area contributed by atoms with Crippen molar-refractivity contribution in [3.8, 4) is 0 Å². The molecule has 1 atom stereocenters. The number of nitrogens with one attached hydrogen (secondary N) is 1. The second-order valence-electron chi connectivity index (χ2n) is 4.00. The van der Waals surface area contributed by atoms with Crippen LogP contribution < -0.4 is 5.32 Å². The molecule has 0 spiro atoms. The van der Waals surface area contributed by atoms with Gasteiger partial charge in [0.2, 0.25) is 0 Å². The van der Waals surface area contributed by atoms with Gasteiger partial charge in [-0.2, -0.15) is 0 Å². The monoisotopic (exact) mass is 279 g/mol. The van der Waals surface area contributed by atoms with Gasteiger partial charge in [-0.3, -0.25) is 4.79 Å². The predicted octanol–water partition coefficient (Wildman–Crippen LogP) is 2.13. The first-order valence-electron chi connectivity index (χ1n) is 5.67. The fourth-order valence-corrected chi connectivity index (χ4v) is 1.48. The summed E-state index contributed by atoms with van der Waals surface area (Å²) in [5, 5.41) is 11.5. The minimum atomic E-state index is -2.04. The summed E-state index contributed by atoms with van der Waals surface area (Å²) in [5.41, 5.74) is -0.944. The number of carbonyl (C=O) groups excluding carboxylic acids is 1. The highest BCUT2D eigenvalue weighted by molar-refractivity contribution is 5.94. The van der Waals surface area contributed by atoms with Gasteiger partial charge in [-0.15, -0.1) is 0 Å². The van der Waals surface area contributed by atoms with E-state index < -0.39 is 40.8 Å². The number of hydrogen-bond donors (Lipinski definition) is 2. The molecule has 0 bridgehead atoms. The third kappa shape index (κ3) is 3.66. The van der Waals surface area contributed by atoms with Crippen LogP contribution in [0.3, 0.4) is 0 Å². The molecule has 0 saturated carbocycles. The van der Waals surface area contributed by atoms with Crippen LogP contribution in [0.25, 0.3) is 0 Å². The summed E-state index contributed by atoms with van der Waals surface area (Å²) in [6.45, 7) is 1.63. The summed E-state index contributed by atoms with van der Waals surface area (Å²) in [4.78, 5) is 11.5. The molecule has 0 aliphatic carbocycles. The molecule has 3 nitrogen and oxygen atoms in total. The van der Waals surface area contributed by atoms with Gasteiger partial charge in [-0.05, 0) is 12.5 Å². The van der Waals surface area contributed by atoms with Crippen LogP contribution in [0.4, 0.5) is 17.6 Å². The van der Waals surface area contributed by atoms with E-state index >= 15 is 0 Å². The van der Waals surface area contributed by atoms with Crippen LogP contribution >= 0.6 is 0 Å². The van der Waals surface area contributed by atoms with E-state index in [1.54, 1.807) is 0 Å². The quantitative estimate of drug-likeness (QED) is 0.493. The minimum absolute atomic E-state index is 0.188. The number of rotatable bonds is 5. The van der Waals surface area contributed by atoms with Gasteiger partial charge in [0, 0.05) is 6.54 Å². The smallest absolute Gasteiger partial charge is 0.254 e. The number of hydrogen-bond acceptors (Lipinski definition) is 2. The lowest BCUT2D eigenvalue weighted by Crippen LogP contribution is -2.32. The Labute approximate surface area is 107 Å². The van der Waals surface area contributed by atoms with Crippen LogP contribution in [-0.2, 0) is 0 Å². The van der Waals surface area contributed by atoms with E-state index in [4.69, 9.17) is 0 Å². The van der Waals surface area contributed by atoms with Crippen molar-refractivity contribution in [3.05, 3.63) is 34.9 Å². The Balaban J connectivity index is 2.83. The highest BCUT2D eigenvalue weighted by Gasteiger charge is 2.23. The number of halogens is 4. The van der Waals surface area contributed by atoms with Gasteiger partial charge in [0.15, 0.2) is 23.3 Å². The van der Waals surface area contributed by atoms with E-state index in [1.165, 1.54) is 0 Å². The fraction of sp³-hybridized carbons (Fsp3) is 0.417. The maximum Gasteiger partial charge on any atom is 0.254 e. The lowest BCUT2D eigenvalue weighted by atomic mass is 10.1. The van der Waals surface area contributed by atoms with Crippen molar-refractivity contribution >= 4 is 5.91 Å². The molecule has 19 heavy (non-hydrogen) atoms. The second-order valence-corrected chi connectivity index (χ2v) is 4.00. The van der Waals surface area contributed by atoms with Gasteiger partial charge in [0.05, 0.1) is 11.7 Å². The average Bonchev–Trinajstić information content (AvgIpc) is 2.38. The zero-order valence-corrected chi connectivity index (χ0v) is 10.1. The van der Waals surface area contributed by atoms with Crippen LogP contribution in [0.1, 0.15) is 30.1 Å². The molecule has 0 fully saturated rings. The van der Waals surface area contributed by atoms with Gasteiger partial charge in [0.25, 0.3) is 5.91 Å². The highest BCUT2D eigenvalue weighted by atomic mass is 19.2. The maximum atomic E-state index is 13.3. The first-order chi connectivity index (χ1) is 8.88. The molecule has 1 aromatic carbocycles. The molecule has 1 amide bonds. The van der Waals surface area contributed by atoms with E-state index in [-0.39, 0.29) is 12.6 Å². The molecule has 0 aromatic heterocycles. The summed E-state index contributed by atoms with van der Waals surface area (Å²) in [6, 6.07) is 0.273. The normalized spacial score (nSPS) is 12.3. The standard InChI is InChI=1S/C12H13F4NO2/c1-2-3-6(18)5-17-12(19)7-4-8(13)10(15)11(16)9(7)14/h4,6,18H,2-3,5H2,1H3,(H,17,19). The molecule has 0 radical (unpaired) electrons. The summed E-state index contributed by atoms with van der Waals surface area (Å²) >= 11 is 0. The maximum absolute atomic E-state index is 13.3. The molecule has 1 unspecified atom stereocenters. The Morgan fingerprint density at radius 1 is 1.26 bits per heavy atom. The summed E-state index contributed by atoms with van der Waals surface area (Å²) in [6.07, 6.45) is 0.243. The Hall–Kier alpha value is -1.63. The van der Waals surface area contributed by atoms with E-state index in [0.29, 0.717) is 12.8 Å². The average molecular weight is 279 g/mol. The number of carbonyl (C=O) groups is 1. The zero-order chi connectivity index (χ0) is 14.6. The Bertz CT molecular complexity index is 479. The Kier molecular flexibility index (Phi) is 5.29. The van der Waals surface area contributed by atoms with E-state index in [0.717, 1.165) is 0 Å². The minimum Gasteiger partial charge on any atom is -0.391 e. The molecule has 0 aliphatic rings. The van der Waals surface area contributed by atoms with Crippen molar-refractivity contribution in [2.45, 2.75) is 25.9 Å². The summed E-state index contributed by atoms with van der Waals surface area (Å²) in [5.74, 6) is -8.55. The van der Waals surface area contributed by atoms with Crippen molar-refractivity contribution in [1.82, 2.24) is 5.32 Å². The van der Waals surface area contributed by atoms with Crippen LogP contribution in [0.5, 0.6) is 0 Å². The molecule has 1 aromatic rings. The van der Waals surface area contributed by atoms with Crippen molar-refractivity contribution in [3.63, 3.8) is 0 Å². The third-order valence-corrected chi connectivity index (χ3v) is 2.47. The van der Waals surface area contributed by atoms with Crippen molar-refractivity contribution in [2.75, 3.05) is 6.54 Å². The van der Waals surface area contributed by atoms with Crippen LogP contribution in [0.2, 0.25) is 0 Å². The highest BCUT2D eigenvalue weighted by Crippen LogP contribution is 2.18. The third-order valence-electron chi connectivity index (χ3n) is 2.47. The van der Waals surface area contributed by atoms with Crippen molar-refractivity contribution in [1.29, 1.82) is 0 Å². The molecule has 1 rings (SSSR count). The number of benzene rings is 1. The molecule has 0 heterocycles. The molecule has 0 saturated heterocycles. The van der Waals surface area contributed by atoms with Crippen molar-refractivity contribution < 1.29 is 27.5 Å². The SMILES string of the molecule is CCCC(O)CNC(=O)c1cc(F)c(F)c(F)c1F. The second kappa shape index (κ2) is 6.51. The Morgan fingerprint density at radius 3 is 2.47 bits per heavy atom. The van der Waals surface area contributed by atoms with E-state index in [1.807, 2.05) is 6.92 Å². The molecule has 0 aliphatic heterocycles. The first-order valence-corrected chi connectivity index (χ1v) is 5.67.